The Morgan fingerprint density at radius 2 is 2.36 bits per heavy atom. The third kappa shape index (κ3) is 0.952. The molecular formula is C7H6N2OS. The number of nitrogens with zero attached hydrogens (tertiary/aromatic N) is 2. The summed E-state index contributed by atoms with van der Waals surface area (Å²) in [7, 11) is 1.61. The van der Waals surface area contributed by atoms with E-state index in [1.807, 2.05) is 11.4 Å². The Hall–Kier alpha value is -1.16. The van der Waals surface area contributed by atoms with Crippen molar-refractivity contribution in [3.63, 3.8) is 0 Å². The lowest BCUT2D eigenvalue weighted by Crippen LogP contribution is -1.87. The SMILES string of the molecule is COc1ncnc2ccsc12. The smallest absolute Gasteiger partial charge is 0.234 e. The summed E-state index contributed by atoms with van der Waals surface area (Å²) in [5.41, 5.74) is 0.946. The molecule has 4 heteroatoms. The molecule has 3 nitrogen and oxygen atoms in total. The maximum Gasteiger partial charge on any atom is 0.234 e. The molecule has 0 aliphatic heterocycles. The van der Waals surface area contributed by atoms with Gasteiger partial charge in [0.25, 0.3) is 0 Å². The van der Waals surface area contributed by atoms with Crippen molar-refractivity contribution >= 4 is 21.6 Å². The maximum atomic E-state index is 5.05. The van der Waals surface area contributed by atoms with Crippen LogP contribution in [0.4, 0.5) is 0 Å². The summed E-state index contributed by atoms with van der Waals surface area (Å²) in [6.07, 6.45) is 1.51. The topological polar surface area (TPSA) is 35.0 Å². The molecule has 0 radical (unpaired) electrons. The van der Waals surface area contributed by atoms with Crippen molar-refractivity contribution in [1.29, 1.82) is 0 Å². The largest absolute Gasteiger partial charge is 0.480 e. The fourth-order valence-electron chi connectivity index (χ4n) is 0.912. The van der Waals surface area contributed by atoms with Gasteiger partial charge in [0, 0.05) is 0 Å². The molecular weight excluding hydrogens is 160 g/mol. The van der Waals surface area contributed by atoms with Crippen molar-refractivity contribution in [2.45, 2.75) is 0 Å². The average molecular weight is 166 g/mol. The first-order chi connectivity index (χ1) is 5.42. The van der Waals surface area contributed by atoms with Gasteiger partial charge in [-0.05, 0) is 11.4 Å². The molecule has 0 unspecified atom stereocenters. The molecule has 0 N–H and O–H groups in total. The maximum absolute atomic E-state index is 5.05. The van der Waals surface area contributed by atoms with Crippen LogP contribution in [-0.2, 0) is 0 Å². The zero-order valence-electron chi connectivity index (χ0n) is 5.94. The summed E-state index contributed by atoms with van der Waals surface area (Å²) >= 11 is 1.59. The number of thiophene rings is 1. The highest BCUT2D eigenvalue weighted by Gasteiger charge is 2.02. The molecule has 0 amide bonds. The molecule has 11 heavy (non-hydrogen) atoms. The molecule has 0 aliphatic carbocycles. The van der Waals surface area contributed by atoms with Gasteiger partial charge in [-0.2, -0.15) is 0 Å². The van der Waals surface area contributed by atoms with Gasteiger partial charge in [0.15, 0.2) is 0 Å². The molecule has 0 spiro atoms. The molecule has 56 valence electrons. The van der Waals surface area contributed by atoms with Crippen LogP contribution >= 0.6 is 11.3 Å². The first-order valence-corrected chi connectivity index (χ1v) is 4.02. The Balaban J connectivity index is 2.79. The van der Waals surface area contributed by atoms with Crippen molar-refractivity contribution in [1.82, 2.24) is 9.97 Å². The summed E-state index contributed by atoms with van der Waals surface area (Å²) < 4.78 is 6.05. The van der Waals surface area contributed by atoms with Crippen molar-refractivity contribution in [2.24, 2.45) is 0 Å². The zero-order chi connectivity index (χ0) is 7.68. The first-order valence-electron chi connectivity index (χ1n) is 3.14. The standard InChI is InChI=1S/C7H6N2OS/c1-10-7-6-5(2-3-11-6)8-4-9-7/h2-4H,1H3. The van der Waals surface area contributed by atoms with Crippen molar-refractivity contribution in [3.05, 3.63) is 17.8 Å². The fourth-order valence-corrected chi connectivity index (χ4v) is 1.72. The molecule has 2 aromatic rings. The van der Waals surface area contributed by atoms with Crippen molar-refractivity contribution in [3.8, 4) is 5.88 Å². The molecule has 0 aromatic carbocycles. The van der Waals surface area contributed by atoms with E-state index in [9.17, 15) is 0 Å². The fraction of sp³-hybridized carbons (Fsp3) is 0.143. The molecule has 2 aromatic heterocycles. The van der Waals surface area contributed by atoms with Gasteiger partial charge < -0.3 is 4.74 Å². The predicted molar refractivity (Wildman–Crippen MR) is 44.0 cm³/mol. The molecule has 0 aliphatic rings. The van der Waals surface area contributed by atoms with E-state index in [4.69, 9.17) is 4.74 Å². The number of methoxy groups -OCH3 is 1. The minimum Gasteiger partial charge on any atom is -0.480 e. The first kappa shape index (κ1) is 6.54. The second-order valence-electron chi connectivity index (χ2n) is 2.02. The van der Waals surface area contributed by atoms with E-state index in [1.165, 1.54) is 6.33 Å². The van der Waals surface area contributed by atoms with Gasteiger partial charge in [-0.3, -0.25) is 0 Å². The third-order valence-electron chi connectivity index (χ3n) is 1.40. The monoisotopic (exact) mass is 166 g/mol. The van der Waals surface area contributed by atoms with E-state index in [2.05, 4.69) is 9.97 Å². The molecule has 0 saturated carbocycles. The van der Waals surface area contributed by atoms with Gasteiger partial charge in [-0.1, -0.05) is 0 Å². The summed E-state index contributed by atoms with van der Waals surface area (Å²) in [6.45, 7) is 0. The van der Waals surface area contributed by atoms with E-state index in [0.29, 0.717) is 5.88 Å². The van der Waals surface area contributed by atoms with Crippen LogP contribution in [0.5, 0.6) is 5.88 Å². The Kier molecular flexibility index (Phi) is 1.47. The molecule has 2 heterocycles. The second-order valence-corrected chi connectivity index (χ2v) is 2.93. The quantitative estimate of drug-likeness (QED) is 0.646. The number of hydrogen-bond acceptors (Lipinski definition) is 4. The highest BCUT2D eigenvalue weighted by molar-refractivity contribution is 7.17. The lowest BCUT2D eigenvalue weighted by molar-refractivity contribution is 0.403. The number of rotatable bonds is 1. The van der Waals surface area contributed by atoms with Crippen LogP contribution < -0.4 is 4.74 Å². The molecule has 2 rings (SSSR count). The Bertz CT molecular complexity index is 371. The predicted octanol–water partition coefficient (Wildman–Crippen LogP) is 1.70. The van der Waals surface area contributed by atoms with Gasteiger partial charge in [0.05, 0.1) is 12.6 Å². The van der Waals surface area contributed by atoms with Crippen molar-refractivity contribution in [2.75, 3.05) is 7.11 Å². The van der Waals surface area contributed by atoms with Crippen LogP contribution in [0.3, 0.4) is 0 Å². The van der Waals surface area contributed by atoms with Crippen LogP contribution in [0.2, 0.25) is 0 Å². The van der Waals surface area contributed by atoms with E-state index >= 15 is 0 Å². The summed E-state index contributed by atoms with van der Waals surface area (Å²) in [4.78, 5) is 8.04. The van der Waals surface area contributed by atoms with Gasteiger partial charge in [-0.15, -0.1) is 11.3 Å². The zero-order valence-corrected chi connectivity index (χ0v) is 6.76. The minimum atomic E-state index is 0.657. The average Bonchev–Trinajstić information content (AvgIpc) is 2.50. The second kappa shape index (κ2) is 2.47. The van der Waals surface area contributed by atoms with Crippen LogP contribution in [0.1, 0.15) is 0 Å². The minimum absolute atomic E-state index is 0.657. The highest BCUT2D eigenvalue weighted by Crippen LogP contribution is 2.25. The Morgan fingerprint density at radius 3 is 3.18 bits per heavy atom. The molecule has 0 bridgehead atoms. The van der Waals surface area contributed by atoms with E-state index in [-0.39, 0.29) is 0 Å². The normalized spacial score (nSPS) is 10.3. The summed E-state index contributed by atoms with van der Waals surface area (Å²) in [6, 6.07) is 1.95. The number of aromatic nitrogens is 2. The lowest BCUT2D eigenvalue weighted by atomic mass is 10.5. The highest BCUT2D eigenvalue weighted by atomic mass is 32.1. The van der Waals surface area contributed by atoms with E-state index in [1.54, 1.807) is 18.4 Å². The molecule has 0 fully saturated rings. The van der Waals surface area contributed by atoms with Crippen LogP contribution in [0, 0.1) is 0 Å². The lowest BCUT2D eigenvalue weighted by Gasteiger charge is -1.96. The third-order valence-corrected chi connectivity index (χ3v) is 2.30. The molecule has 0 saturated heterocycles. The number of fused-ring (bicyclic) bond motifs is 1. The van der Waals surface area contributed by atoms with Gasteiger partial charge >= 0.3 is 0 Å². The van der Waals surface area contributed by atoms with Gasteiger partial charge in [-0.25, -0.2) is 9.97 Å². The summed E-state index contributed by atoms with van der Waals surface area (Å²) in [5, 5.41) is 1.97. The summed E-state index contributed by atoms with van der Waals surface area (Å²) in [5.74, 6) is 0.657. The van der Waals surface area contributed by atoms with Gasteiger partial charge in [0.2, 0.25) is 5.88 Å². The van der Waals surface area contributed by atoms with Crippen LogP contribution in [0.15, 0.2) is 17.8 Å². The molecule has 0 atom stereocenters. The van der Waals surface area contributed by atoms with E-state index in [0.717, 1.165) is 10.2 Å². The van der Waals surface area contributed by atoms with Gasteiger partial charge in [0.1, 0.15) is 11.0 Å². The van der Waals surface area contributed by atoms with Crippen LogP contribution in [0.25, 0.3) is 10.2 Å². The number of ether oxygens (including phenoxy) is 1. The van der Waals surface area contributed by atoms with Crippen molar-refractivity contribution < 1.29 is 4.74 Å². The van der Waals surface area contributed by atoms with Crippen LogP contribution in [-0.4, -0.2) is 17.1 Å². The van der Waals surface area contributed by atoms with E-state index < -0.39 is 0 Å². The Labute approximate surface area is 67.7 Å². The Morgan fingerprint density at radius 1 is 1.45 bits per heavy atom. The number of hydrogen-bond donors (Lipinski definition) is 0.